The molecule has 1 aliphatic carbocycles. The number of thiophene rings is 1. The number of nitrogens with zero attached hydrogens (tertiary/aromatic N) is 3. The van der Waals surface area contributed by atoms with E-state index in [2.05, 4.69) is 11.8 Å². The molecule has 0 bridgehead atoms. The molecule has 1 aromatic carbocycles. The van der Waals surface area contributed by atoms with Crippen LogP contribution in [0.2, 0.25) is 0 Å². The zero-order chi connectivity index (χ0) is 20.5. The largest absolute Gasteiger partial charge is 0.438 e. The molecular weight excluding hydrogens is 398 g/mol. The van der Waals surface area contributed by atoms with Gasteiger partial charge in [-0.3, -0.25) is 9.69 Å². The number of hydrogen-bond donors (Lipinski definition) is 0. The molecule has 0 N–H and O–H groups in total. The van der Waals surface area contributed by atoms with Crippen molar-refractivity contribution in [2.75, 3.05) is 26.3 Å². The van der Waals surface area contributed by atoms with Crippen molar-refractivity contribution in [3.8, 4) is 11.6 Å². The molecular formula is C23H25N3O3S. The summed E-state index contributed by atoms with van der Waals surface area (Å²) < 4.78 is 11.7. The summed E-state index contributed by atoms with van der Waals surface area (Å²) in [6, 6.07) is 7.22. The van der Waals surface area contributed by atoms with E-state index >= 15 is 0 Å². The van der Waals surface area contributed by atoms with Gasteiger partial charge in [0.1, 0.15) is 22.7 Å². The SMILES string of the molecule is C[C@@H]1CCc2c(sc3nc(CN4CCOCC4)nc(Oc4cccc(C=O)c4)c23)C1. The Bertz CT molecular complexity index is 1070. The maximum atomic E-state index is 11.2. The number of carbonyl (C=O) groups excluding carboxylic acids is 1. The average Bonchev–Trinajstić information content (AvgIpc) is 3.12. The molecule has 30 heavy (non-hydrogen) atoms. The normalized spacial score (nSPS) is 19.6. The summed E-state index contributed by atoms with van der Waals surface area (Å²) in [5, 5.41) is 1.05. The van der Waals surface area contributed by atoms with Gasteiger partial charge in [-0.2, -0.15) is 4.98 Å². The zero-order valence-electron chi connectivity index (χ0n) is 17.1. The van der Waals surface area contributed by atoms with Crippen molar-refractivity contribution in [1.82, 2.24) is 14.9 Å². The Morgan fingerprint density at radius 1 is 1.30 bits per heavy atom. The van der Waals surface area contributed by atoms with Crippen molar-refractivity contribution < 1.29 is 14.3 Å². The average molecular weight is 424 g/mol. The topological polar surface area (TPSA) is 64.6 Å². The van der Waals surface area contributed by atoms with Crippen LogP contribution in [0, 0.1) is 5.92 Å². The number of carbonyl (C=O) groups is 1. The minimum absolute atomic E-state index is 0.590. The number of aromatic nitrogens is 2. The number of rotatable bonds is 5. The molecule has 2 aromatic heterocycles. The van der Waals surface area contributed by atoms with Gasteiger partial charge in [-0.1, -0.05) is 19.1 Å². The number of fused-ring (bicyclic) bond motifs is 3. The minimum atomic E-state index is 0.590. The van der Waals surface area contributed by atoms with Gasteiger partial charge in [0, 0.05) is 23.5 Å². The molecule has 3 heterocycles. The first-order valence-corrected chi connectivity index (χ1v) is 11.4. The summed E-state index contributed by atoms with van der Waals surface area (Å²) in [4.78, 5) is 25.7. The molecule has 6 nitrogen and oxygen atoms in total. The van der Waals surface area contributed by atoms with Gasteiger partial charge >= 0.3 is 0 Å². The van der Waals surface area contributed by atoms with Crippen LogP contribution in [0.4, 0.5) is 0 Å². The van der Waals surface area contributed by atoms with Gasteiger partial charge in [0.05, 0.1) is 25.1 Å². The lowest BCUT2D eigenvalue weighted by molar-refractivity contribution is 0.0330. The molecule has 156 valence electrons. The van der Waals surface area contributed by atoms with Crippen LogP contribution in [-0.2, 0) is 24.1 Å². The molecule has 0 radical (unpaired) electrons. The summed E-state index contributed by atoms with van der Waals surface area (Å²) in [6.07, 6.45) is 4.14. The van der Waals surface area contributed by atoms with Gasteiger partial charge in [0.25, 0.3) is 0 Å². The highest BCUT2D eigenvalue weighted by Crippen LogP contribution is 2.42. The van der Waals surface area contributed by atoms with Gasteiger partial charge in [-0.15, -0.1) is 11.3 Å². The summed E-state index contributed by atoms with van der Waals surface area (Å²) in [7, 11) is 0. The Morgan fingerprint density at radius 3 is 3.00 bits per heavy atom. The molecule has 7 heteroatoms. The van der Waals surface area contributed by atoms with Crippen LogP contribution < -0.4 is 4.74 Å². The van der Waals surface area contributed by atoms with Crippen molar-refractivity contribution in [3.05, 3.63) is 46.1 Å². The Hall–Kier alpha value is -2.35. The Labute approximate surface area is 179 Å². The van der Waals surface area contributed by atoms with Gasteiger partial charge in [-0.05, 0) is 42.9 Å². The van der Waals surface area contributed by atoms with Crippen LogP contribution in [0.5, 0.6) is 11.6 Å². The standard InChI is InChI=1S/C23H25N3O3S/c1-15-5-6-18-19(11-15)30-23-21(18)22(29-17-4-2-3-16(12-17)14-27)24-20(25-23)13-26-7-9-28-10-8-26/h2-4,12,14-15H,5-11,13H2,1H3/t15-/m1/s1. The number of benzene rings is 1. The minimum Gasteiger partial charge on any atom is -0.438 e. The van der Waals surface area contributed by atoms with E-state index in [0.29, 0.717) is 29.7 Å². The third-order valence-electron chi connectivity index (χ3n) is 5.85. The van der Waals surface area contributed by atoms with Crippen LogP contribution in [0.15, 0.2) is 24.3 Å². The fraction of sp³-hybridized carbons (Fsp3) is 0.435. The smallest absolute Gasteiger partial charge is 0.231 e. The van der Waals surface area contributed by atoms with Crippen molar-refractivity contribution in [3.63, 3.8) is 0 Å². The lowest BCUT2D eigenvalue weighted by atomic mass is 9.89. The van der Waals surface area contributed by atoms with Crippen LogP contribution in [0.25, 0.3) is 10.2 Å². The highest BCUT2D eigenvalue weighted by Gasteiger charge is 2.25. The second-order valence-electron chi connectivity index (χ2n) is 8.16. The summed E-state index contributed by atoms with van der Waals surface area (Å²) >= 11 is 1.78. The second kappa shape index (κ2) is 8.41. The lowest BCUT2D eigenvalue weighted by Crippen LogP contribution is -2.36. The summed E-state index contributed by atoms with van der Waals surface area (Å²) in [6.45, 7) is 6.26. The second-order valence-corrected chi connectivity index (χ2v) is 9.24. The van der Waals surface area contributed by atoms with Crippen LogP contribution >= 0.6 is 11.3 Å². The maximum absolute atomic E-state index is 11.2. The fourth-order valence-electron chi connectivity index (χ4n) is 4.22. The molecule has 0 amide bonds. The van der Waals surface area contributed by atoms with E-state index in [1.165, 1.54) is 16.9 Å². The number of ether oxygens (including phenoxy) is 2. The van der Waals surface area contributed by atoms with Gasteiger partial charge in [0.2, 0.25) is 5.88 Å². The third kappa shape index (κ3) is 3.97. The van der Waals surface area contributed by atoms with E-state index in [-0.39, 0.29) is 0 Å². The summed E-state index contributed by atoms with van der Waals surface area (Å²) in [5.74, 6) is 2.71. The molecule has 5 rings (SSSR count). The van der Waals surface area contributed by atoms with Crippen LogP contribution in [-0.4, -0.2) is 47.5 Å². The number of morpholine rings is 1. The molecule has 0 unspecified atom stereocenters. The zero-order valence-corrected chi connectivity index (χ0v) is 17.9. The maximum Gasteiger partial charge on any atom is 0.231 e. The van der Waals surface area contributed by atoms with Gasteiger partial charge in [-0.25, -0.2) is 4.98 Å². The van der Waals surface area contributed by atoms with Crippen molar-refractivity contribution in [2.45, 2.75) is 32.7 Å². The number of aryl methyl sites for hydroxylation is 1. The van der Waals surface area contributed by atoms with E-state index in [1.54, 1.807) is 23.5 Å². The van der Waals surface area contributed by atoms with Crippen LogP contribution in [0.1, 0.15) is 40.0 Å². The molecule has 1 fully saturated rings. The predicted molar refractivity (Wildman–Crippen MR) is 117 cm³/mol. The van der Waals surface area contributed by atoms with E-state index in [9.17, 15) is 4.79 Å². The Morgan fingerprint density at radius 2 is 2.17 bits per heavy atom. The Kier molecular flexibility index (Phi) is 5.50. The molecule has 1 saturated heterocycles. The highest BCUT2D eigenvalue weighted by molar-refractivity contribution is 7.18. The van der Waals surface area contributed by atoms with Gasteiger partial charge in [0.15, 0.2) is 0 Å². The first kappa shape index (κ1) is 19.6. The first-order valence-electron chi connectivity index (χ1n) is 10.5. The number of aldehydes is 1. The van der Waals surface area contributed by atoms with Crippen molar-refractivity contribution in [2.24, 2.45) is 5.92 Å². The predicted octanol–water partition coefficient (Wildman–Crippen LogP) is 4.25. The highest BCUT2D eigenvalue weighted by atomic mass is 32.1. The van der Waals surface area contributed by atoms with Crippen LogP contribution in [0.3, 0.4) is 0 Å². The van der Waals surface area contributed by atoms with E-state index in [4.69, 9.17) is 19.4 Å². The fourth-order valence-corrected chi connectivity index (χ4v) is 5.61. The van der Waals surface area contributed by atoms with Gasteiger partial charge < -0.3 is 9.47 Å². The quantitative estimate of drug-likeness (QED) is 0.572. The third-order valence-corrected chi connectivity index (χ3v) is 6.99. The molecule has 1 atom stereocenters. The van der Waals surface area contributed by atoms with E-state index in [1.807, 2.05) is 12.1 Å². The monoisotopic (exact) mass is 423 g/mol. The molecule has 3 aromatic rings. The van der Waals surface area contributed by atoms with E-state index < -0.39 is 0 Å². The number of hydrogen-bond acceptors (Lipinski definition) is 7. The molecule has 1 aliphatic heterocycles. The van der Waals surface area contributed by atoms with E-state index in [0.717, 1.165) is 61.5 Å². The lowest BCUT2D eigenvalue weighted by Gasteiger charge is -2.25. The summed E-state index contributed by atoms with van der Waals surface area (Å²) in [5.41, 5.74) is 1.93. The Balaban J connectivity index is 1.56. The van der Waals surface area contributed by atoms with Crippen molar-refractivity contribution >= 4 is 27.8 Å². The molecule has 0 spiro atoms. The molecule has 0 saturated carbocycles. The first-order chi connectivity index (χ1) is 14.7. The molecule has 2 aliphatic rings. The van der Waals surface area contributed by atoms with Crippen molar-refractivity contribution in [1.29, 1.82) is 0 Å².